The molecule has 0 spiro atoms. The number of carbonyl (C=O) groups excluding carboxylic acids is 2. The van der Waals surface area contributed by atoms with E-state index in [-0.39, 0.29) is 44.4 Å². The second-order valence-electron chi connectivity index (χ2n) is 15.4. The SMILES string of the molecule is O=C(Nc1ccn([C@@H]2O[C@H](COCc3ccccc3)[C@@H](OCc3ccccc3)[C@H](OCc3ccccc3)[C@@H](OCc3ccccc3)[C@H]2OC(=O)c2ccccc2)c(=O)n1)c1ccccc1. The average molecular weight is 872 g/mol. The molecule has 0 unspecified atom stereocenters. The molecule has 1 aliphatic heterocycles. The van der Waals surface area contributed by atoms with Gasteiger partial charge in [-0.15, -0.1) is 0 Å². The van der Waals surface area contributed by atoms with Gasteiger partial charge >= 0.3 is 11.7 Å². The predicted octanol–water partition coefficient (Wildman–Crippen LogP) is 8.59. The number of benzene rings is 6. The Morgan fingerprint density at radius 1 is 0.523 bits per heavy atom. The lowest BCUT2D eigenvalue weighted by Gasteiger charge is -2.36. The molecular weight excluding hydrogens is 823 g/mol. The summed E-state index contributed by atoms with van der Waals surface area (Å²) in [6, 6.07) is 57.3. The lowest BCUT2D eigenvalue weighted by atomic mass is 9.98. The smallest absolute Gasteiger partial charge is 0.351 e. The third-order valence-corrected chi connectivity index (χ3v) is 10.8. The van der Waals surface area contributed by atoms with E-state index in [9.17, 15) is 14.4 Å². The number of amides is 1. The number of esters is 1. The van der Waals surface area contributed by atoms with Gasteiger partial charge in [0.15, 0.2) is 12.3 Å². The zero-order valence-corrected chi connectivity index (χ0v) is 35.5. The monoisotopic (exact) mass is 871 g/mol. The first-order valence-electron chi connectivity index (χ1n) is 21.4. The Hall–Kier alpha value is -7.06. The molecular formula is C53H49N3O9. The molecule has 1 saturated heterocycles. The van der Waals surface area contributed by atoms with Crippen molar-refractivity contribution in [2.45, 2.75) is 63.2 Å². The number of anilines is 1. The molecule has 1 N–H and O–H groups in total. The standard InChI is InChI=1S/C53H49N3O9/c57-50(42-27-15-5-16-28-42)54-45-31-32-56(53(59)55-45)51-49(65-52(58)43-29-17-6-18-30-43)48(63-36-41-25-13-4-14-26-41)47(62-35-40-23-11-3-12-24-40)46(61-34-39-21-9-2-10-22-39)44(64-51)37-60-33-38-19-7-1-8-20-38/h1-32,44,46-49,51H,33-37H2,(H,54,55,57,59)/t44-,46-,47+,48-,49-,51-/m1/s1. The van der Waals surface area contributed by atoms with E-state index in [1.165, 1.54) is 16.8 Å². The third kappa shape index (κ3) is 12.1. The van der Waals surface area contributed by atoms with E-state index >= 15 is 0 Å². The molecule has 12 heteroatoms. The highest BCUT2D eigenvalue weighted by Gasteiger charge is 2.52. The molecule has 0 radical (unpaired) electrons. The highest BCUT2D eigenvalue weighted by atomic mass is 16.6. The Morgan fingerprint density at radius 3 is 1.45 bits per heavy atom. The molecule has 0 saturated carbocycles. The Balaban J connectivity index is 1.25. The van der Waals surface area contributed by atoms with E-state index in [0.717, 1.165) is 22.3 Å². The minimum atomic E-state index is -1.39. The molecule has 12 nitrogen and oxygen atoms in total. The highest BCUT2D eigenvalue weighted by molar-refractivity contribution is 6.03. The summed E-state index contributed by atoms with van der Waals surface area (Å²) in [6.45, 7) is 0.553. The lowest BCUT2D eigenvalue weighted by Crippen LogP contribution is -2.52. The molecule has 1 aliphatic rings. The Labute approximate surface area is 377 Å². The number of ether oxygens (including phenoxy) is 6. The van der Waals surface area contributed by atoms with Gasteiger partial charge in [0.1, 0.15) is 30.2 Å². The molecule has 2 heterocycles. The largest absolute Gasteiger partial charge is 0.451 e. The molecule has 330 valence electrons. The molecule has 8 rings (SSSR count). The van der Waals surface area contributed by atoms with Crippen LogP contribution in [0.25, 0.3) is 0 Å². The van der Waals surface area contributed by atoms with Crippen molar-refractivity contribution in [2.75, 3.05) is 11.9 Å². The van der Waals surface area contributed by atoms with Gasteiger partial charge in [-0.05, 0) is 52.6 Å². The lowest BCUT2D eigenvalue weighted by molar-refractivity contribution is -0.185. The molecule has 6 atom stereocenters. The fraction of sp³-hybridized carbons (Fsp3) is 0.208. The normalized spacial score (nSPS) is 19.4. The first-order valence-corrected chi connectivity index (χ1v) is 21.4. The molecule has 0 aliphatic carbocycles. The van der Waals surface area contributed by atoms with E-state index in [4.69, 9.17) is 28.4 Å². The summed E-state index contributed by atoms with van der Waals surface area (Å²) in [5.41, 5.74) is 3.40. The number of carbonyl (C=O) groups is 2. The number of aromatic nitrogens is 2. The second-order valence-corrected chi connectivity index (χ2v) is 15.4. The minimum absolute atomic E-state index is 0.0133. The molecule has 7 aromatic rings. The predicted molar refractivity (Wildman–Crippen MR) is 244 cm³/mol. The summed E-state index contributed by atoms with van der Waals surface area (Å²) in [5, 5.41) is 2.71. The Morgan fingerprint density at radius 2 is 0.954 bits per heavy atom. The van der Waals surface area contributed by atoms with Crippen molar-refractivity contribution < 1.29 is 38.0 Å². The zero-order valence-electron chi connectivity index (χ0n) is 35.5. The molecule has 1 aromatic heterocycles. The van der Waals surface area contributed by atoms with E-state index < -0.39 is 54.3 Å². The maximum atomic E-state index is 14.4. The average Bonchev–Trinajstić information content (AvgIpc) is 3.47. The van der Waals surface area contributed by atoms with Crippen molar-refractivity contribution in [1.82, 2.24) is 9.55 Å². The van der Waals surface area contributed by atoms with E-state index in [1.54, 1.807) is 60.7 Å². The molecule has 65 heavy (non-hydrogen) atoms. The fourth-order valence-electron chi connectivity index (χ4n) is 7.53. The number of hydrogen-bond donors (Lipinski definition) is 1. The van der Waals surface area contributed by atoms with E-state index in [0.29, 0.717) is 5.56 Å². The fourth-order valence-corrected chi connectivity index (χ4v) is 7.53. The van der Waals surface area contributed by atoms with Crippen LogP contribution >= 0.6 is 0 Å². The van der Waals surface area contributed by atoms with Crippen LogP contribution in [-0.4, -0.2) is 58.6 Å². The van der Waals surface area contributed by atoms with Crippen LogP contribution in [-0.2, 0) is 54.8 Å². The van der Waals surface area contributed by atoms with Crippen LogP contribution in [0.1, 0.15) is 49.2 Å². The second kappa shape index (κ2) is 22.5. The summed E-state index contributed by atoms with van der Waals surface area (Å²) in [7, 11) is 0. The van der Waals surface area contributed by atoms with E-state index in [2.05, 4.69) is 10.3 Å². The zero-order chi connectivity index (χ0) is 44.6. The quantitative estimate of drug-likeness (QED) is 0.0836. The first kappa shape index (κ1) is 44.5. The van der Waals surface area contributed by atoms with Gasteiger partial charge in [-0.2, -0.15) is 4.98 Å². The highest BCUT2D eigenvalue weighted by Crippen LogP contribution is 2.36. The summed E-state index contributed by atoms with van der Waals surface area (Å²) < 4.78 is 42.0. The molecule has 6 aromatic carbocycles. The van der Waals surface area contributed by atoms with Crippen LogP contribution in [0.2, 0.25) is 0 Å². The van der Waals surface area contributed by atoms with Crippen molar-refractivity contribution >= 4 is 17.7 Å². The van der Waals surface area contributed by atoms with Gasteiger partial charge in [-0.25, -0.2) is 9.59 Å². The summed E-state index contributed by atoms with van der Waals surface area (Å²) in [4.78, 5) is 46.1. The number of rotatable bonds is 18. The summed E-state index contributed by atoms with van der Waals surface area (Å²) in [5.74, 6) is -1.12. The Bertz CT molecular complexity index is 2600. The van der Waals surface area contributed by atoms with Crippen molar-refractivity contribution in [1.29, 1.82) is 0 Å². The van der Waals surface area contributed by atoms with Crippen molar-refractivity contribution in [3.8, 4) is 0 Å². The maximum Gasteiger partial charge on any atom is 0.351 e. The Kier molecular flexibility index (Phi) is 15.4. The number of hydrogen-bond acceptors (Lipinski definition) is 10. The minimum Gasteiger partial charge on any atom is -0.451 e. The molecule has 1 fully saturated rings. The van der Waals surface area contributed by atoms with Gasteiger partial charge in [0, 0.05) is 11.8 Å². The summed E-state index contributed by atoms with van der Waals surface area (Å²) >= 11 is 0. The van der Waals surface area contributed by atoms with Crippen molar-refractivity contribution in [3.63, 3.8) is 0 Å². The van der Waals surface area contributed by atoms with Crippen LogP contribution in [0.4, 0.5) is 5.82 Å². The molecule has 1 amide bonds. The van der Waals surface area contributed by atoms with Gasteiger partial charge in [0.05, 0.1) is 38.6 Å². The van der Waals surface area contributed by atoms with Crippen molar-refractivity contribution in [2.24, 2.45) is 0 Å². The molecule has 0 bridgehead atoms. The van der Waals surface area contributed by atoms with E-state index in [1.807, 2.05) is 121 Å². The van der Waals surface area contributed by atoms with Crippen LogP contribution in [0, 0.1) is 0 Å². The van der Waals surface area contributed by atoms with Crippen molar-refractivity contribution in [3.05, 3.63) is 238 Å². The van der Waals surface area contributed by atoms with Gasteiger partial charge in [0.2, 0.25) is 0 Å². The van der Waals surface area contributed by atoms with Crippen LogP contribution in [0.15, 0.2) is 199 Å². The number of nitrogens with one attached hydrogen (secondary N) is 1. The third-order valence-electron chi connectivity index (χ3n) is 10.8. The summed E-state index contributed by atoms with van der Waals surface area (Å²) in [6.07, 6.45) is -5.34. The topological polar surface area (TPSA) is 136 Å². The van der Waals surface area contributed by atoms with Gasteiger partial charge < -0.3 is 33.7 Å². The maximum absolute atomic E-state index is 14.4. The van der Waals surface area contributed by atoms with Crippen LogP contribution in [0.5, 0.6) is 0 Å². The van der Waals surface area contributed by atoms with Crippen LogP contribution in [0.3, 0.4) is 0 Å². The first-order chi connectivity index (χ1) is 32.0. The van der Waals surface area contributed by atoms with Gasteiger partial charge in [-0.3, -0.25) is 9.36 Å². The number of nitrogens with zero attached hydrogens (tertiary/aromatic N) is 2. The van der Waals surface area contributed by atoms with Gasteiger partial charge in [0.25, 0.3) is 5.91 Å². The van der Waals surface area contributed by atoms with Gasteiger partial charge in [-0.1, -0.05) is 158 Å². The van der Waals surface area contributed by atoms with Crippen LogP contribution < -0.4 is 11.0 Å².